The molecule has 19 heavy (non-hydrogen) atoms. The van der Waals surface area contributed by atoms with Crippen molar-refractivity contribution in [2.75, 3.05) is 0 Å². The molecule has 1 atom stereocenters. The lowest BCUT2D eigenvalue weighted by Gasteiger charge is -2.30. The Hall–Kier alpha value is -0.850. The van der Waals surface area contributed by atoms with Crippen LogP contribution in [0.15, 0.2) is 24.3 Å². The summed E-state index contributed by atoms with van der Waals surface area (Å²) in [5.41, 5.74) is 1.33. The van der Waals surface area contributed by atoms with Crippen LogP contribution in [0.5, 0.6) is 0 Å². The Bertz CT molecular complexity index is 360. The summed E-state index contributed by atoms with van der Waals surface area (Å²) in [5, 5.41) is 0. The lowest BCUT2D eigenvalue weighted by atomic mass is 9.75. The summed E-state index contributed by atoms with van der Waals surface area (Å²) < 4.78 is 12.9. The van der Waals surface area contributed by atoms with Crippen molar-refractivity contribution < 1.29 is 4.39 Å². The zero-order valence-electron chi connectivity index (χ0n) is 12.4. The highest BCUT2D eigenvalue weighted by molar-refractivity contribution is 5.20. The maximum atomic E-state index is 12.9. The molecule has 1 aliphatic rings. The summed E-state index contributed by atoms with van der Waals surface area (Å²) in [5.74, 6) is 2.36. The van der Waals surface area contributed by atoms with Gasteiger partial charge in [-0.25, -0.2) is 4.39 Å². The van der Waals surface area contributed by atoms with Crippen molar-refractivity contribution in [2.45, 2.75) is 64.7 Å². The second kappa shape index (κ2) is 7.07. The first-order valence-corrected chi connectivity index (χ1v) is 7.94. The smallest absolute Gasteiger partial charge is 0.123 e. The monoisotopic (exact) mass is 262 g/mol. The van der Waals surface area contributed by atoms with E-state index in [4.69, 9.17) is 0 Å². The van der Waals surface area contributed by atoms with Crippen LogP contribution in [0.4, 0.5) is 4.39 Å². The maximum absolute atomic E-state index is 12.9. The fraction of sp³-hybridized carbons (Fsp3) is 0.667. The van der Waals surface area contributed by atoms with E-state index in [1.54, 1.807) is 12.1 Å². The van der Waals surface area contributed by atoms with Crippen molar-refractivity contribution in [3.05, 3.63) is 35.6 Å². The molecule has 2 rings (SSSR count). The quantitative estimate of drug-likeness (QED) is 0.617. The SMILES string of the molecule is CCCC(C)C[C@H]1CC[C@H](c2ccc(F)cc2)CC1. The lowest BCUT2D eigenvalue weighted by Crippen LogP contribution is -2.15. The number of halogens is 1. The van der Waals surface area contributed by atoms with Crippen LogP contribution < -0.4 is 0 Å². The average Bonchev–Trinajstić information content (AvgIpc) is 2.41. The van der Waals surface area contributed by atoms with Crippen LogP contribution in [-0.4, -0.2) is 0 Å². The Kier molecular flexibility index (Phi) is 5.42. The number of rotatable bonds is 5. The van der Waals surface area contributed by atoms with Gasteiger partial charge in [-0.2, -0.15) is 0 Å². The highest BCUT2D eigenvalue weighted by atomic mass is 19.1. The molecule has 0 bridgehead atoms. The largest absolute Gasteiger partial charge is 0.207 e. The van der Waals surface area contributed by atoms with Gasteiger partial charge in [-0.05, 0) is 67.6 Å². The van der Waals surface area contributed by atoms with Crippen molar-refractivity contribution in [3.8, 4) is 0 Å². The molecule has 1 heteroatoms. The molecule has 0 N–H and O–H groups in total. The van der Waals surface area contributed by atoms with Crippen LogP contribution in [0.3, 0.4) is 0 Å². The Morgan fingerprint density at radius 2 is 1.74 bits per heavy atom. The second-order valence-electron chi connectivity index (χ2n) is 6.40. The molecule has 0 aromatic heterocycles. The molecule has 1 fully saturated rings. The summed E-state index contributed by atoms with van der Waals surface area (Å²) in [6, 6.07) is 7.15. The molecule has 0 radical (unpaired) electrons. The molecule has 1 aromatic rings. The zero-order chi connectivity index (χ0) is 13.7. The van der Waals surface area contributed by atoms with Crippen LogP contribution in [0, 0.1) is 17.7 Å². The minimum Gasteiger partial charge on any atom is -0.207 e. The maximum Gasteiger partial charge on any atom is 0.123 e. The second-order valence-corrected chi connectivity index (χ2v) is 6.40. The van der Waals surface area contributed by atoms with E-state index in [2.05, 4.69) is 13.8 Å². The first-order valence-electron chi connectivity index (χ1n) is 7.94. The van der Waals surface area contributed by atoms with Crippen molar-refractivity contribution in [2.24, 2.45) is 11.8 Å². The Morgan fingerprint density at radius 3 is 2.32 bits per heavy atom. The van der Waals surface area contributed by atoms with Crippen molar-refractivity contribution >= 4 is 0 Å². The third kappa shape index (κ3) is 4.33. The van der Waals surface area contributed by atoms with Gasteiger partial charge in [0.05, 0.1) is 0 Å². The van der Waals surface area contributed by atoms with Gasteiger partial charge in [-0.1, -0.05) is 38.8 Å². The molecular weight excluding hydrogens is 235 g/mol. The van der Waals surface area contributed by atoms with E-state index in [0.29, 0.717) is 5.92 Å². The van der Waals surface area contributed by atoms with Crippen molar-refractivity contribution in [1.29, 1.82) is 0 Å². The minimum absolute atomic E-state index is 0.120. The van der Waals surface area contributed by atoms with Crippen LogP contribution in [0.1, 0.15) is 70.3 Å². The highest BCUT2D eigenvalue weighted by Crippen LogP contribution is 2.38. The van der Waals surface area contributed by atoms with Gasteiger partial charge in [0.15, 0.2) is 0 Å². The van der Waals surface area contributed by atoms with Crippen LogP contribution >= 0.6 is 0 Å². The summed E-state index contributed by atoms with van der Waals surface area (Å²) >= 11 is 0. The van der Waals surface area contributed by atoms with E-state index in [0.717, 1.165) is 11.8 Å². The number of hydrogen-bond acceptors (Lipinski definition) is 0. The Morgan fingerprint density at radius 1 is 1.11 bits per heavy atom. The highest BCUT2D eigenvalue weighted by Gasteiger charge is 2.23. The number of benzene rings is 1. The van der Waals surface area contributed by atoms with Gasteiger partial charge in [0, 0.05) is 0 Å². The summed E-state index contributed by atoms with van der Waals surface area (Å²) in [7, 11) is 0. The average molecular weight is 262 g/mol. The fourth-order valence-electron chi connectivity index (χ4n) is 3.65. The summed E-state index contributed by atoms with van der Waals surface area (Å²) in [4.78, 5) is 0. The van der Waals surface area contributed by atoms with Gasteiger partial charge in [-0.3, -0.25) is 0 Å². The first kappa shape index (κ1) is 14.6. The van der Waals surface area contributed by atoms with Gasteiger partial charge >= 0.3 is 0 Å². The first-order chi connectivity index (χ1) is 9.19. The normalized spacial score (nSPS) is 25.2. The van der Waals surface area contributed by atoms with E-state index in [9.17, 15) is 4.39 Å². The third-order valence-corrected chi connectivity index (χ3v) is 4.71. The Balaban J connectivity index is 1.80. The molecule has 0 nitrogen and oxygen atoms in total. The third-order valence-electron chi connectivity index (χ3n) is 4.71. The van der Waals surface area contributed by atoms with Gasteiger partial charge in [0.25, 0.3) is 0 Å². The molecule has 0 amide bonds. The molecule has 1 saturated carbocycles. The van der Waals surface area contributed by atoms with Crippen molar-refractivity contribution in [1.82, 2.24) is 0 Å². The molecule has 1 aliphatic carbocycles. The standard InChI is InChI=1S/C18H27F/c1-3-4-14(2)13-15-5-7-16(8-6-15)17-9-11-18(19)12-10-17/h9-12,14-16H,3-8,13H2,1-2H3/t14?,15-,16-. The minimum atomic E-state index is -0.120. The van der Waals surface area contributed by atoms with Gasteiger partial charge in [0.2, 0.25) is 0 Å². The van der Waals surface area contributed by atoms with E-state index >= 15 is 0 Å². The fourth-order valence-corrected chi connectivity index (χ4v) is 3.65. The molecule has 0 heterocycles. The van der Waals surface area contributed by atoms with E-state index in [-0.39, 0.29) is 5.82 Å². The molecular formula is C18H27F. The molecule has 0 spiro atoms. The molecule has 1 unspecified atom stereocenters. The molecule has 0 aliphatic heterocycles. The summed E-state index contributed by atoms with van der Waals surface area (Å²) in [6.07, 6.45) is 9.38. The Labute approximate surface area is 117 Å². The number of hydrogen-bond donors (Lipinski definition) is 0. The van der Waals surface area contributed by atoms with Gasteiger partial charge in [0.1, 0.15) is 5.82 Å². The van der Waals surface area contributed by atoms with E-state index < -0.39 is 0 Å². The lowest BCUT2D eigenvalue weighted by molar-refractivity contribution is 0.269. The van der Waals surface area contributed by atoms with E-state index in [1.165, 1.54) is 50.5 Å². The van der Waals surface area contributed by atoms with Gasteiger partial charge in [-0.15, -0.1) is 0 Å². The van der Waals surface area contributed by atoms with Crippen LogP contribution in [0.25, 0.3) is 0 Å². The predicted molar refractivity (Wildman–Crippen MR) is 79.8 cm³/mol. The molecule has 106 valence electrons. The van der Waals surface area contributed by atoms with Gasteiger partial charge < -0.3 is 0 Å². The van der Waals surface area contributed by atoms with Crippen molar-refractivity contribution in [3.63, 3.8) is 0 Å². The van der Waals surface area contributed by atoms with Crippen LogP contribution in [0.2, 0.25) is 0 Å². The molecule has 1 aromatic carbocycles. The van der Waals surface area contributed by atoms with Crippen LogP contribution in [-0.2, 0) is 0 Å². The topological polar surface area (TPSA) is 0 Å². The van der Waals surface area contributed by atoms with E-state index in [1.807, 2.05) is 12.1 Å². The molecule has 0 saturated heterocycles. The predicted octanol–water partition coefficient (Wildman–Crippen LogP) is 5.93. The zero-order valence-corrected chi connectivity index (χ0v) is 12.4. The summed E-state index contributed by atoms with van der Waals surface area (Å²) in [6.45, 7) is 4.68.